The molecule has 0 spiro atoms. The number of carbonyl (C=O) groups excluding carboxylic acids is 4. The van der Waals surface area contributed by atoms with Crippen molar-refractivity contribution < 1.29 is 28.7 Å². The molecule has 2 unspecified atom stereocenters. The number of aryl methyl sites for hydroxylation is 1. The molecule has 3 amide bonds. The average Bonchev–Trinajstić information content (AvgIpc) is 3.57. The maximum absolute atomic E-state index is 13.9. The normalized spacial score (nSPS) is 15.1. The largest absolute Gasteiger partial charge is 0.468 e. The number of amides is 3. The van der Waals surface area contributed by atoms with E-state index in [1.807, 2.05) is 39.0 Å². The Balaban J connectivity index is 2.42. The van der Waals surface area contributed by atoms with E-state index in [4.69, 9.17) is 4.74 Å². The van der Waals surface area contributed by atoms with Crippen LogP contribution >= 0.6 is 0 Å². The van der Waals surface area contributed by atoms with Crippen LogP contribution in [0.4, 0.5) is 4.79 Å². The Kier molecular flexibility index (Phi) is 9.68. The number of carbonyl (C=O) groups is 4. The van der Waals surface area contributed by atoms with Crippen molar-refractivity contribution >= 4 is 23.9 Å². The molecule has 1 aliphatic carbocycles. The summed E-state index contributed by atoms with van der Waals surface area (Å²) in [5.74, 6) is -1.32. The van der Waals surface area contributed by atoms with Gasteiger partial charge in [0.05, 0.1) is 7.11 Å². The van der Waals surface area contributed by atoms with Gasteiger partial charge in [-0.3, -0.25) is 14.4 Å². The van der Waals surface area contributed by atoms with Gasteiger partial charge in [0, 0.05) is 6.04 Å². The van der Waals surface area contributed by atoms with Gasteiger partial charge in [-0.2, -0.15) is 0 Å². The number of esters is 1. The SMILES string of the molecule is COC(=O)CNC(=O)C(c1cccc(C)c1)N(C(=O)C(CC(C)C)NC(=O)OC(C)(C)C)C1CC1. The summed E-state index contributed by atoms with van der Waals surface area (Å²) in [4.78, 5) is 53.1. The van der Waals surface area contributed by atoms with Gasteiger partial charge in [0.2, 0.25) is 11.8 Å². The summed E-state index contributed by atoms with van der Waals surface area (Å²) in [5, 5.41) is 5.33. The third kappa shape index (κ3) is 8.88. The quantitative estimate of drug-likeness (QED) is 0.488. The van der Waals surface area contributed by atoms with E-state index in [1.165, 1.54) is 7.11 Å². The van der Waals surface area contributed by atoms with E-state index in [9.17, 15) is 19.2 Å². The predicted octanol–water partition coefficient (Wildman–Crippen LogP) is 3.26. The van der Waals surface area contributed by atoms with Crippen LogP contribution in [0.25, 0.3) is 0 Å². The first-order chi connectivity index (χ1) is 16.3. The highest BCUT2D eigenvalue weighted by atomic mass is 16.6. The topological polar surface area (TPSA) is 114 Å². The van der Waals surface area contributed by atoms with E-state index < -0.39 is 35.7 Å². The summed E-state index contributed by atoms with van der Waals surface area (Å²) < 4.78 is 10.0. The number of rotatable bonds is 10. The van der Waals surface area contributed by atoms with Crippen molar-refractivity contribution in [1.82, 2.24) is 15.5 Å². The third-order valence-corrected chi connectivity index (χ3v) is 5.41. The number of hydrogen-bond acceptors (Lipinski definition) is 6. The van der Waals surface area contributed by atoms with Crippen LogP contribution in [0.1, 0.15) is 71.0 Å². The zero-order valence-corrected chi connectivity index (χ0v) is 21.8. The molecule has 0 saturated heterocycles. The van der Waals surface area contributed by atoms with Crippen LogP contribution in [-0.2, 0) is 23.9 Å². The molecule has 35 heavy (non-hydrogen) atoms. The zero-order valence-electron chi connectivity index (χ0n) is 21.8. The van der Waals surface area contributed by atoms with Crippen LogP contribution in [0.5, 0.6) is 0 Å². The molecule has 0 radical (unpaired) electrons. The third-order valence-electron chi connectivity index (χ3n) is 5.41. The Morgan fingerprint density at radius 2 is 1.80 bits per heavy atom. The van der Waals surface area contributed by atoms with Gasteiger partial charge in [0.1, 0.15) is 24.2 Å². The Morgan fingerprint density at radius 3 is 2.31 bits per heavy atom. The molecule has 2 rings (SSSR count). The molecule has 1 saturated carbocycles. The number of benzene rings is 1. The molecular formula is C26H39N3O6. The van der Waals surface area contributed by atoms with Crippen LogP contribution in [0, 0.1) is 12.8 Å². The molecule has 1 aliphatic rings. The Bertz CT molecular complexity index is 920. The van der Waals surface area contributed by atoms with Crippen molar-refractivity contribution in [2.24, 2.45) is 5.92 Å². The minimum Gasteiger partial charge on any atom is -0.468 e. The van der Waals surface area contributed by atoms with Crippen molar-refractivity contribution in [2.45, 2.75) is 84.5 Å². The highest BCUT2D eigenvalue weighted by molar-refractivity contribution is 5.93. The second kappa shape index (κ2) is 12.0. The fraction of sp³-hybridized carbons (Fsp3) is 0.615. The minimum absolute atomic E-state index is 0.102. The van der Waals surface area contributed by atoms with Gasteiger partial charge >= 0.3 is 12.1 Å². The highest BCUT2D eigenvalue weighted by Gasteiger charge is 2.44. The summed E-state index contributed by atoms with van der Waals surface area (Å²) in [7, 11) is 1.24. The summed E-state index contributed by atoms with van der Waals surface area (Å²) in [6, 6.07) is 5.39. The molecule has 0 aliphatic heterocycles. The first kappa shape index (κ1) is 28.1. The van der Waals surface area contributed by atoms with Gasteiger partial charge in [0.15, 0.2) is 0 Å². The van der Waals surface area contributed by atoms with Gasteiger partial charge in [-0.05, 0) is 58.4 Å². The van der Waals surface area contributed by atoms with Crippen molar-refractivity contribution in [2.75, 3.05) is 13.7 Å². The van der Waals surface area contributed by atoms with Gasteiger partial charge < -0.3 is 25.0 Å². The molecule has 0 bridgehead atoms. The molecule has 2 N–H and O–H groups in total. The summed E-state index contributed by atoms with van der Waals surface area (Å²) in [5.41, 5.74) is 0.846. The van der Waals surface area contributed by atoms with Crippen LogP contribution in [-0.4, -0.2) is 60.1 Å². The zero-order chi connectivity index (χ0) is 26.3. The molecule has 0 aromatic heterocycles. The minimum atomic E-state index is -0.963. The van der Waals surface area contributed by atoms with Gasteiger partial charge in [0.25, 0.3) is 0 Å². The molecular weight excluding hydrogens is 450 g/mol. The standard InChI is InChI=1S/C26H39N3O6/c1-16(2)13-20(28-25(33)35-26(4,5)6)24(32)29(19-11-12-19)22(18-10-8-9-17(3)14-18)23(31)27-15-21(30)34-7/h8-10,14,16,19-20,22H,11-13,15H2,1-7H3,(H,27,31)(H,28,33). The van der Waals surface area contributed by atoms with Crippen LogP contribution in [0.15, 0.2) is 24.3 Å². The molecule has 1 fully saturated rings. The molecule has 1 aromatic rings. The average molecular weight is 490 g/mol. The fourth-order valence-corrected chi connectivity index (χ4v) is 3.80. The van der Waals surface area contributed by atoms with Crippen molar-refractivity contribution in [3.8, 4) is 0 Å². The molecule has 194 valence electrons. The van der Waals surface area contributed by atoms with Crippen molar-refractivity contribution in [1.29, 1.82) is 0 Å². The number of alkyl carbamates (subject to hydrolysis) is 1. The Morgan fingerprint density at radius 1 is 1.14 bits per heavy atom. The van der Waals surface area contributed by atoms with Gasteiger partial charge in [-0.25, -0.2) is 4.79 Å². The van der Waals surface area contributed by atoms with E-state index in [-0.39, 0.29) is 24.4 Å². The maximum Gasteiger partial charge on any atom is 0.408 e. The predicted molar refractivity (Wildman–Crippen MR) is 131 cm³/mol. The van der Waals surface area contributed by atoms with E-state index in [0.717, 1.165) is 18.4 Å². The Hall–Kier alpha value is -3.10. The Labute approximate surface area is 207 Å². The second-order valence-corrected chi connectivity index (χ2v) is 10.4. The number of nitrogens with zero attached hydrogens (tertiary/aromatic N) is 1. The van der Waals surface area contributed by atoms with E-state index >= 15 is 0 Å². The van der Waals surface area contributed by atoms with E-state index in [2.05, 4.69) is 15.4 Å². The van der Waals surface area contributed by atoms with E-state index in [0.29, 0.717) is 12.0 Å². The lowest BCUT2D eigenvalue weighted by molar-refractivity contribution is -0.145. The number of nitrogens with one attached hydrogen (secondary N) is 2. The highest BCUT2D eigenvalue weighted by Crippen LogP contribution is 2.36. The summed E-state index contributed by atoms with van der Waals surface area (Å²) >= 11 is 0. The van der Waals surface area contributed by atoms with Gasteiger partial charge in [-0.15, -0.1) is 0 Å². The number of ether oxygens (including phenoxy) is 2. The molecule has 9 heteroatoms. The molecule has 0 heterocycles. The summed E-state index contributed by atoms with van der Waals surface area (Å²) in [6.45, 7) is 10.8. The van der Waals surface area contributed by atoms with Crippen molar-refractivity contribution in [3.05, 3.63) is 35.4 Å². The molecule has 1 aromatic carbocycles. The number of methoxy groups -OCH3 is 1. The van der Waals surface area contributed by atoms with Crippen molar-refractivity contribution in [3.63, 3.8) is 0 Å². The molecule has 9 nitrogen and oxygen atoms in total. The van der Waals surface area contributed by atoms with Gasteiger partial charge in [-0.1, -0.05) is 43.7 Å². The van der Waals surface area contributed by atoms with Crippen LogP contribution in [0.3, 0.4) is 0 Å². The lowest BCUT2D eigenvalue weighted by atomic mass is 9.98. The smallest absolute Gasteiger partial charge is 0.408 e. The number of hydrogen-bond donors (Lipinski definition) is 2. The summed E-state index contributed by atoms with van der Waals surface area (Å²) in [6.07, 6.45) is 1.19. The lowest BCUT2D eigenvalue weighted by Crippen LogP contribution is -2.54. The first-order valence-electron chi connectivity index (χ1n) is 12.0. The van der Waals surface area contributed by atoms with E-state index in [1.54, 1.807) is 31.7 Å². The lowest BCUT2D eigenvalue weighted by Gasteiger charge is -2.35. The van der Waals surface area contributed by atoms with Crippen LogP contribution < -0.4 is 10.6 Å². The monoisotopic (exact) mass is 489 g/mol. The first-order valence-corrected chi connectivity index (χ1v) is 12.0. The molecule has 2 atom stereocenters. The van der Waals surface area contributed by atoms with Crippen LogP contribution in [0.2, 0.25) is 0 Å². The second-order valence-electron chi connectivity index (χ2n) is 10.4. The maximum atomic E-state index is 13.9. The fourth-order valence-electron chi connectivity index (χ4n) is 3.80.